The molecule has 0 aliphatic rings. The van der Waals surface area contributed by atoms with Crippen molar-refractivity contribution in [3.8, 4) is 0 Å². The van der Waals surface area contributed by atoms with Crippen LogP contribution in [0.2, 0.25) is 0 Å². The normalized spacial score (nSPS) is 13.1. The maximum atomic E-state index is 12.8. The lowest BCUT2D eigenvalue weighted by atomic mass is 10.1. The van der Waals surface area contributed by atoms with Crippen molar-refractivity contribution in [3.05, 3.63) is 122 Å². The van der Waals surface area contributed by atoms with Crippen LogP contribution in [0.15, 0.2) is 122 Å². The van der Waals surface area contributed by atoms with Crippen LogP contribution in [0, 0.1) is 0 Å². The molecular weight excluding hydrogens is 829 g/mol. The first-order valence-corrected chi connectivity index (χ1v) is 27.0. The van der Waals surface area contributed by atoms with Gasteiger partial charge in [-0.2, -0.15) is 0 Å². The predicted molar refractivity (Wildman–Crippen MR) is 288 cm³/mol. The van der Waals surface area contributed by atoms with Crippen LogP contribution in [0.3, 0.4) is 0 Å². The van der Waals surface area contributed by atoms with Crippen LogP contribution >= 0.6 is 0 Å². The van der Waals surface area contributed by atoms with E-state index in [0.717, 1.165) is 77.0 Å². The summed E-state index contributed by atoms with van der Waals surface area (Å²) in [5.74, 6) is -1.09. The number of carbonyl (C=O) groups excluding carboxylic acids is 3. The molecule has 1 atom stereocenters. The Kier molecular flexibility index (Phi) is 51.0. The molecule has 0 saturated carbocycles. The van der Waals surface area contributed by atoms with Crippen LogP contribution in [0.5, 0.6) is 0 Å². The van der Waals surface area contributed by atoms with Crippen molar-refractivity contribution in [3.63, 3.8) is 0 Å². The largest absolute Gasteiger partial charge is 0.462 e. The molecule has 0 bridgehead atoms. The third-order valence-corrected chi connectivity index (χ3v) is 10.9. The highest BCUT2D eigenvalue weighted by Crippen LogP contribution is 2.11. The fourth-order valence-corrected chi connectivity index (χ4v) is 6.88. The minimum atomic E-state index is -0.845. The number of hydrogen-bond acceptors (Lipinski definition) is 6. The van der Waals surface area contributed by atoms with Gasteiger partial charge in [-0.3, -0.25) is 14.4 Å². The minimum Gasteiger partial charge on any atom is -0.462 e. The summed E-state index contributed by atoms with van der Waals surface area (Å²) in [7, 11) is 0. The molecule has 0 N–H and O–H groups in total. The summed E-state index contributed by atoms with van der Waals surface area (Å²) in [4.78, 5) is 38.0. The van der Waals surface area contributed by atoms with Gasteiger partial charge < -0.3 is 14.2 Å². The number of allylic oxidation sites excluding steroid dienone is 20. The molecule has 0 amide bonds. The fourth-order valence-electron chi connectivity index (χ4n) is 6.88. The molecule has 0 fully saturated rings. The van der Waals surface area contributed by atoms with E-state index in [4.69, 9.17) is 14.2 Å². The lowest BCUT2D eigenvalue weighted by Gasteiger charge is -2.18. The molecule has 0 aliphatic carbocycles. The molecule has 0 aromatic heterocycles. The summed E-state index contributed by atoms with van der Waals surface area (Å²) in [6.07, 6.45) is 74.9. The second-order valence-corrected chi connectivity index (χ2v) is 17.4. The number of ether oxygens (including phenoxy) is 3. The molecule has 0 radical (unpaired) electrons. The van der Waals surface area contributed by atoms with Gasteiger partial charge in [-0.05, 0) is 122 Å². The van der Waals surface area contributed by atoms with Gasteiger partial charge in [0.25, 0.3) is 0 Å². The van der Waals surface area contributed by atoms with E-state index in [1.165, 1.54) is 89.9 Å². The summed E-state index contributed by atoms with van der Waals surface area (Å²) in [6, 6.07) is 0. The molecule has 0 unspecified atom stereocenters. The number of hydrogen-bond donors (Lipinski definition) is 0. The molecule has 0 rings (SSSR count). The SMILES string of the molecule is CC/C=C\C/C=C\C/C=C\C/C=C\CCCCC(=O)OC[C@H](COC(=O)CCC/C=C\C/C=C\C/C=C\CCCCCCCC)OC(=O)CCC/C=C\C/C=C\C/C=C\CCCCCCCC. The average Bonchev–Trinajstić information content (AvgIpc) is 3.33. The van der Waals surface area contributed by atoms with Crippen LogP contribution in [0.4, 0.5) is 0 Å². The van der Waals surface area contributed by atoms with E-state index in [1.807, 2.05) is 0 Å². The zero-order chi connectivity index (χ0) is 48.6. The Morgan fingerprint density at radius 2 is 0.597 bits per heavy atom. The van der Waals surface area contributed by atoms with Crippen molar-refractivity contribution in [1.82, 2.24) is 0 Å². The molecule has 378 valence electrons. The molecule has 6 nitrogen and oxygen atoms in total. The summed E-state index contributed by atoms with van der Waals surface area (Å²) >= 11 is 0. The van der Waals surface area contributed by atoms with Crippen molar-refractivity contribution in [2.24, 2.45) is 0 Å². The average molecular weight is 927 g/mol. The quantitative estimate of drug-likeness (QED) is 0.0262. The molecular formula is C61H98O6. The van der Waals surface area contributed by atoms with E-state index in [1.54, 1.807) is 0 Å². The first-order chi connectivity index (χ1) is 33.0. The van der Waals surface area contributed by atoms with Gasteiger partial charge in [0.05, 0.1) is 0 Å². The van der Waals surface area contributed by atoms with E-state index >= 15 is 0 Å². The highest BCUT2D eigenvalue weighted by atomic mass is 16.6. The number of rotatable bonds is 47. The zero-order valence-corrected chi connectivity index (χ0v) is 43.1. The lowest BCUT2D eigenvalue weighted by Crippen LogP contribution is -2.30. The van der Waals surface area contributed by atoms with Crippen LogP contribution in [-0.4, -0.2) is 37.2 Å². The Labute approximate surface area is 412 Å². The Balaban J connectivity index is 4.62. The predicted octanol–water partition coefficient (Wildman–Crippen LogP) is 18.1. The van der Waals surface area contributed by atoms with E-state index < -0.39 is 6.10 Å². The van der Waals surface area contributed by atoms with Gasteiger partial charge in [-0.1, -0.05) is 206 Å². The lowest BCUT2D eigenvalue weighted by molar-refractivity contribution is -0.167. The Hall–Kier alpha value is -4.19. The smallest absolute Gasteiger partial charge is 0.306 e. The van der Waals surface area contributed by atoms with Crippen LogP contribution in [0.1, 0.15) is 226 Å². The van der Waals surface area contributed by atoms with Gasteiger partial charge in [0, 0.05) is 19.3 Å². The number of esters is 3. The van der Waals surface area contributed by atoms with Crippen molar-refractivity contribution in [1.29, 1.82) is 0 Å². The second-order valence-electron chi connectivity index (χ2n) is 17.4. The van der Waals surface area contributed by atoms with Gasteiger partial charge >= 0.3 is 17.9 Å². The Morgan fingerprint density at radius 3 is 0.970 bits per heavy atom. The molecule has 0 saturated heterocycles. The van der Waals surface area contributed by atoms with Crippen molar-refractivity contribution in [2.75, 3.05) is 13.2 Å². The highest BCUT2D eigenvalue weighted by Gasteiger charge is 2.19. The zero-order valence-electron chi connectivity index (χ0n) is 43.1. The van der Waals surface area contributed by atoms with Crippen LogP contribution < -0.4 is 0 Å². The van der Waals surface area contributed by atoms with E-state index in [0.29, 0.717) is 19.3 Å². The summed E-state index contributed by atoms with van der Waals surface area (Å²) in [5, 5.41) is 0. The molecule has 0 aromatic rings. The molecule has 0 spiro atoms. The summed E-state index contributed by atoms with van der Waals surface area (Å²) in [6.45, 7) is 6.37. The van der Waals surface area contributed by atoms with Gasteiger partial charge in [-0.15, -0.1) is 0 Å². The van der Waals surface area contributed by atoms with Gasteiger partial charge in [0.1, 0.15) is 13.2 Å². The third-order valence-electron chi connectivity index (χ3n) is 10.9. The maximum Gasteiger partial charge on any atom is 0.306 e. The van der Waals surface area contributed by atoms with Crippen molar-refractivity contribution in [2.45, 2.75) is 232 Å². The van der Waals surface area contributed by atoms with E-state index in [-0.39, 0.29) is 50.4 Å². The topological polar surface area (TPSA) is 78.9 Å². The minimum absolute atomic E-state index is 0.139. The van der Waals surface area contributed by atoms with Crippen molar-refractivity contribution < 1.29 is 28.6 Å². The van der Waals surface area contributed by atoms with Crippen molar-refractivity contribution >= 4 is 17.9 Å². The molecule has 6 heteroatoms. The summed E-state index contributed by atoms with van der Waals surface area (Å²) < 4.78 is 16.7. The second kappa shape index (κ2) is 54.4. The number of carbonyl (C=O) groups is 3. The Morgan fingerprint density at radius 1 is 0.313 bits per heavy atom. The highest BCUT2D eigenvalue weighted by molar-refractivity contribution is 5.71. The molecule has 0 heterocycles. The molecule has 67 heavy (non-hydrogen) atoms. The van der Waals surface area contributed by atoms with Gasteiger partial charge in [0.2, 0.25) is 0 Å². The van der Waals surface area contributed by atoms with Gasteiger partial charge in [-0.25, -0.2) is 0 Å². The Bertz CT molecular complexity index is 1440. The summed E-state index contributed by atoms with van der Waals surface area (Å²) in [5.41, 5.74) is 0. The third kappa shape index (κ3) is 52.6. The van der Waals surface area contributed by atoms with Crippen LogP contribution in [-0.2, 0) is 28.6 Å². The molecule has 0 aromatic carbocycles. The maximum absolute atomic E-state index is 12.8. The molecule has 0 aliphatic heterocycles. The first kappa shape index (κ1) is 62.8. The van der Waals surface area contributed by atoms with Gasteiger partial charge in [0.15, 0.2) is 6.10 Å². The fraction of sp³-hybridized carbons (Fsp3) is 0.623. The standard InChI is InChI=1S/C61H98O6/c1-4-7-10-13-16-19-22-25-28-30-33-36-39-42-45-48-51-54-60(63)66-57-58(56-65-59(62)53-50-47-44-41-38-35-32-27-24-21-18-15-12-9-6-3)67-61(64)55-52-49-46-43-40-37-34-31-29-26-23-20-17-14-11-8-5-2/h9,12,18,21,25-29,32-34,36-38,41-43,45-46,58H,4-8,10-11,13-17,19-20,22-24,30-31,35,39-40,44,47-57H2,1-3H3/b12-9-,21-18-,28-25-,29-26-,32-27-,36-33-,37-34-,41-38-,45-42-,46-43-/t58-/m1/s1. The van der Waals surface area contributed by atoms with E-state index in [9.17, 15) is 14.4 Å². The monoisotopic (exact) mass is 927 g/mol. The number of unbranched alkanes of at least 4 members (excludes halogenated alkanes) is 16. The first-order valence-electron chi connectivity index (χ1n) is 27.0. The van der Waals surface area contributed by atoms with E-state index in [2.05, 4.69) is 142 Å². The van der Waals surface area contributed by atoms with Crippen LogP contribution in [0.25, 0.3) is 0 Å².